The van der Waals surface area contributed by atoms with Gasteiger partial charge < -0.3 is 14.8 Å². The fourth-order valence-corrected chi connectivity index (χ4v) is 3.33. The van der Waals surface area contributed by atoms with Crippen molar-refractivity contribution in [2.24, 2.45) is 7.05 Å². The average molecular weight is 418 g/mol. The van der Waals surface area contributed by atoms with Crippen molar-refractivity contribution in [3.8, 4) is 11.3 Å². The molecule has 0 aliphatic rings. The summed E-state index contributed by atoms with van der Waals surface area (Å²) in [5.74, 6) is 0.187. The number of amides is 1. The first-order valence-corrected chi connectivity index (χ1v) is 9.91. The van der Waals surface area contributed by atoms with Gasteiger partial charge in [-0.25, -0.2) is 19.3 Å². The van der Waals surface area contributed by atoms with Crippen LogP contribution in [0.4, 0.5) is 10.2 Å². The Morgan fingerprint density at radius 1 is 1.10 bits per heavy atom. The Hall–Kier alpha value is -3.81. The van der Waals surface area contributed by atoms with Gasteiger partial charge in [0.05, 0.1) is 17.4 Å². The second-order valence-corrected chi connectivity index (χ2v) is 7.50. The maximum Gasteiger partial charge on any atom is 0.251 e. The predicted octanol–water partition coefficient (Wildman–Crippen LogP) is 3.21. The van der Waals surface area contributed by atoms with Crippen LogP contribution in [0.15, 0.2) is 55.0 Å². The summed E-state index contributed by atoms with van der Waals surface area (Å²) in [6.45, 7) is 0.502. The zero-order chi connectivity index (χ0) is 22.0. The van der Waals surface area contributed by atoms with Crippen LogP contribution in [0, 0.1) is 5.82 Å². The van der Waals surface area contributed by atoms with Gasteiger partial charge in [-0.05, 0) is 42.5 Å². The highest BCUT2D eigenvalue weighted by atomic mass is 19.1. The molecule has 0 spiro atoms. The first-order valence-electron chi connectivity index (χ1n) is 9.91. The van der Waals surface area contributed by atoms with Crippen LogP contribution in [-0.2, 0) is 13.5 Å². The summed E-state index contributed by atoms with van der Waals surface area (Å²) in [7, 11) is 5.69. The number of halogens is 1. The molecule has 0 saturated heterocycles. The van der Waals surface area contributed by atoms with Crippen molar-refractivity contribution in [1.82, 2.24) is 24.8 Å². The Morgan fingerprint density at radius 2 is 1.87 bits per heavy atom. The molecule has 1 amide bonds. The van der Waals surface area contributed by atoms with Crippen molar-refractivity contribution >= 4 is 22.8 Å². The van der Waals surface area contributed by atoms with Gasteiger partial charge in [0, 0.05) is 57.1 Å². The highest BCUT2D eigenvalue weighted by molar-refractivity contribution is 5.97. The SMILES string of the molecule is CN(C)c1nc2ccc(C(=O)NCCc3cncn3C)cc2nc1-c1ccc(F)cc1. The Bertz CT molecular complexity index is 1230. The summed E-state index contributed by atoms with van der Waals surface area (Å²) in [6, 6.07) is 11.4. The number of carbonyl (C=O) groups excluding carboxylic acids is 1. The van der Waals surface area contributed by atoms with E-state index in [-0.39, 0.29) is 11.7 Å². The lowest BCUT2D eigenvalue weighted by Gasteiger charge is -2.17. The summed E-state index contributed by atoms with van der Waals surface area (Å²) < 4.78 is 15.3. The van der Waals surface area contributed by atoms with Gasteiger partial charge in [-0.2, -0.15) is 0 Å². The normalized spacial score (nSPS) is 11.0. The lowest BCUT2D eigenvalue weighted by molar-refractivity contribution is 0.0954. The molecule has 4 aromatic rings. The number of anilines is 1. The van der Waals surface area contributed by atoms with Gasteiger partial charge in [0.25, 0.3) is 5.91 Å². The molecule has 158 valence electrons. The number of nitrogens with one attached hydrogen (secondary N) is 1. The van der Waals surface area contributed by atoms with Crippen LogP contribution in [0.1, 0.15) is 16.1 Å². The molecule has 2 aromatic carbocycles. The summed E-state index contributed by atoms with van der Waals surface area (Å²) in [4.78, 5) is 28.0. The summed E-state index contributed by atoms with van der Waals surface area (Å²) in [5, 5.41) is 2.93. The number of benzene rings is 2. The second kappa shape index (κ2) is 8.51. The standard InChI is InChI=1S/C23H23FN6O/c1-29(2)22-21(15-4-7-17(24)8-5-15)27-20-12-16(6-9-19(20)28-22)23(31)26-11-10-18-13-25-14-30(18)3/h4-9,12-14H,10-11H2,1-3H3,(H,26,31). The molecule has 2 heterocycles. The minimum atomic E-state index is -0.311. The second-order valence-electron chi connectivity index (χ2n) is 7.50. The molecular formula is C23H23FN6O. The van der Waals surface area contributed by atoms with Crippen molar-refractivity contribution in [2.45, 2.75) is 6.42 Å². The van der Waals surface area contributed by atoms with Gasteiger partial charge in [-0.15, -0.1) is 0 Å². The van der Waals surface area contributed by atoms with E-state index in [9.17, 15) is 9.18 Å². The highest BCUT2D eigenvalue weighted by Gasteiger charge is 2.15. The van der Waals surface area contributed by atoms with E-state index < -0.39 is 0 Å². The van der Waals surface area contributed by atoms with E-state index in [0.29, 0.717) is 41.1 Å². The quantitative estimate of drug-likeness (QED) is 0.520. The number of imidazole rings is 1. The van der Waals surface area contributed by atoms with E-state index in [0.717, 1.165) is 11.3 Å². The lowest BCUT2D eigenvalue weighted by atomic mass is 10.1. The fourth-order valence-electron chi connectivity index (χ4n) is 3.33. The minimum absolute atomic E-state index is 0.175. The number of hydrogen-bond donors (Lipinski definition) is 1. The van der Waals surface area contributed by atoms with Gasteiger partial charge >= 0.3 is 0 Å². The van der Waals surface area contributed by atoms with Crippen molar-refractivity contribution in [2.75, 3.05) is 25.5 Å². The van der Waals surface area contributed by atoms with E-state index in [1.54, 1.807) is 42.9 Å². The Morgan fingerprint density at radius 3 is 2.55 bits per heavy atom. The topological polar surface area (TPSA) is 75.9 Å². The molecule has 8 heteroatoms. The number of aryl methyl sites for hydroxylation is 1. The number of carbonyl (C=O) groups is 1. The van der Waals surface area contributed by atoms with Crippen molar-refractivity contribution in [3.63, 3.8) is 0 Å². The van der Waals surface area contributed by atoms with Crippen LogP contribution in [0.5, 0.6) is 0 Å². The molecule has 0 atom stereocenters. The number of fused-ring (bicyclic) bond motifs is 1. The Labute approximate surface area is 179 Å². The van der Waals surface area contributed by atoms with Gasteiger partial charge in [-0.3, -0.25) is 4.79 Å². The van der Waals surface area contributed by atoms with E-state index in [1.165, 1.54) is 12.1 Å². The van der Waals surface area contributed by atoms with Crippen LogP contribution in [0.3, 0.4) is 0 Å². The van der Waals surface area contributed by atoms with Gasteiger partial charge in [0.2, 0.25) is 0 Å². The van der Waals surface area contributed by atoms with Crippen molar-refractivity contribution in [1.29, 1.82) is 0 Å². The molecule has 0 fully saturated rings. The monoisotopic (exact) mass is 418 g/mol. The summed E-state index contributed by atoms with van der Waals surface area (Å²) in [5.41, 5.74) is 4.22. The molecule has 0 aliphatic carbocycles. The maximum absolute atomic E-state index is 13.4. The predicted molar refractivity (Wildman–Crippen MR) is 119 cm³/mol. The first kappa shape index (κ1) is 20.5. The van der Waals surface area contributed by atoms with E-state index in [1.807, 2.05) is 30.6 Å². The molecular weight excluding hydrogens is 395 g/mol. The minimum Gasteiger partial charge on any atom is -0.361 e. The molecule has 1 N–H and O–H groups in total. The molecule has 0 unspecified atom stereocenters. The average Bonchev–Trinajstić information content (AvgIpc) is 3.17. The van der Waals surface area contributed by atoms with Crippen LogP contribution in [0.25, 0.3) is 22.3 Å². The third-order valence-corrected chi connectivity index (χ3v) is 5.03. The number of nitrogens with zero attached hydrogens (tertiary/aromatic N) is 5. The Kier molecular flexibility index (Phi) is 5.62. The van der Waals surface area contributed by atoms with Crippen LogP contribution < -0.4 is 10.2 Å². The fraction of sp³-hybridized carbons (Fsp3) is 0.217. The van der Waals surface area contributed by atoms with Crippen LogP contribution in [0.2, 0.25) is 0 Å². The number of aromatic nitrogens is 4. The molecule has 7 nitrogen and oxygen atoms in total. The van der Waals surface area contributed by atoms with Gasteiger partial charge in [-0.1, -0.05) is 0 Å². The maximum atomic E-state index is 13.4. The number of rotatable bonds is 6. The van der Waals surface area contributed by atoms with Crippen LogP contribution in [-0.4, -0.2) is 46.1 Å². The zero-order valence-corrected chi connectivity index (χ0v) is 17.6. The number of hydrogen-bond acceptors (Lipinski definition) is 5. The highest BCUT2D eigenvalue weighted by Crippen LogP contribution is 2.29. The summed E-state index contributed by atoms with van der Waals surface area (Å²) in [6.07, 6.45) is 4.22. The lowest BCUT2D eigenvalue weighted by Crippen LogP contribution is -2.26. The van der Waals surface area contributed by atoms with Crippen LogP contribution >= 0.6 is 0 Å². The third-order valence-electron chi connectivity index (χ3n) is 5.03. The molecule has 0 saturated carbocycles. The third kappa shape index (κ3) is 4.37. The molecule has 31 heavy (non-hydrogen) atoms. The molecule has 0 radical (unpaired) electrons. The molecule has 0 bridgehead atoms. The van der Waals surface area contributed by atoms with E-state index in [2.05, 4.69) is 10.3 Å². The molecule has 2 aromatic heterocycles. The smallest absolute Gasteiger partial charge is 0.251 e. The molecule has 4 rings (SSSR count). The van der Waals surface area contributed by atoms with Gasteiger partial charge in [0.1, 0.15) is 11.5 Å². The van der Waals surface area contributed by atoms with Gasteiger partial charge in [0.15, 0.2) is 5.82 Å². The zero-order valence-electron chi connectivity index (χ0n) is 17.6. The van der Waals surface area contributed by atoms with Crippen molar-refractivity contribution < 1.29 is 9.18 Å². The van der Waals surface area contributed by atoms with Crippen molar-refractivity contribution in [3.05, 3.63) is 72.1 Å². The first-order chi connectivity index (χ1) is 14.9. The summed E-state index contributed by atoms with van der Waals surface area (Å²) >= 11 is 0. The van der Waals surface area contributed by atoms with E-state index in [4.69, 9.17) is 9.97 Å². The van der Waals surface area contributed by atoms with E-state index >= 15 is 0 Å². The Balaban J connectivity index is 1.61. The molecule has 0 aliphatic heterocycles. The largest absolute Gasteiger partial charge is 0.361 e.